The van der Waals surface area contributed by atoms with Crippen molar-refractivity contribution in [2.75, 3.05) is 13.2 Å². The van der Waals surface area contributed by atoms with E-state index in [2.05, 4.69) is 0 Å². The second-order valence-electron chi connectivity index (χ2n) is 6.59. The first-order chi connectivity index (χ1) is 10.2. The SMILES string of the molecule is CC1(C)O[C@H]2O[C@@H](COCC(=O)[O-])[C@H]3OC(C)(C)O[C@H]3[C@H]2O1. The molecule has 3 aliphatic heterocycles. The molecule has 8 heteroatoms. The zero-order valence-corrected chi connectivity index (χ0v) is 13.1. The molecule has 0 aliphatic carbocycles. The first kappa shape index (κ1) is 16.1. The fourth-order valence-electron chi connectivity index (χ4n) is 3.09. The van der Waals surface area contributed by atoms with Crippen LogP contribution >= 0.6 is 0 Å². The van der Waals surface area contributed by atoms with Gasteiger partial charge in [0.1, 0.15) is 24.4 Å². The van der Waals surface area contributed by atoms with Crippen LogP contribution in [0.1, 0.15) is 27.7 Å². The number of carbonyl (C=O) groups excluding carboxylic acids is 1. The zero-order valence-electron chi connectivity index (χ0n) is 13.1. The Morgan fingerprint density at radius 1 is 1.00 bits per heavy atom. The monoisotopic (exact) mass is 317 g/mol. The highest BCUT2D eigenvalue weighted by Crippen LogP contribution is 2.44. The Morgan fingerprint density at radius 3 is 2.27 bits per heavy atom. The van der Waals surface area contributed by atoms with Crippen molar-refractivity contribution in [2.24, 2.45) is 0 Å². The van der Waals surface area contributed by atoms with Gasteiger partial charge in [0.25, 0.3) is 0 Å². The van der Waals surface area contributed by atoms with Crippen LogP contribution in [0.5, 0.6) is 0 Å². The Hall–Kier alpha value is -0.770. The summed E-state index contributed by atoms with van der Waals surface area (Å²) < 4.78 is 34.3. The van der Waals surface area contributed by atoms with Crippen LogP contribution in [0.3, 0.4) is 0 Å². The van der Waals surface area contributed by atoms with Crippen molar-refractivity contribution >= 4 is 5.97 Å². The van der Waals surface area contributed by atoms with Gasteiger partial charge in [-0.05, 0) is 27.7 Å². The van der Waals surface area contributed by atoms with Crippen LogP contribution in [0.25, 0.3) is 0 Å². The largest absolute Gasteiger partial charge is 0.548 e. The summed E-state index contributed by atoms with van der Waals surface area (Å²) in [6.45, 7) is 6.75. The highest BCUT2D eigenvalue weighted by atomic mass is 16.9. The third-order valence-electron chi connectivity index (χ3n) is 3.75. The molecule has 0 spiro atoms. The number of aliphatic carboxylic acids is 1. The average molecular weight is 317 g/mol. The molecule has 126 valence electrons. The van der Waals surface area contributed by atoms with Gasteiger partial charge in [0.05, 0.1) is 19.2 Å². The fourth-order valence-corrected chi connectivity index (χ4v) is 3.09. The van der Waals surface area contributed by atoms with E-state index in [0.29, 0.717) is 0 Å². The van der Waals surface area contributed by atoms with Gasteiger partial charge in [0.2, 0.25) is 0 Å². The van der Waals surface area contributed by atoms with Gasteiger partial charge in [-0.2, -0.15) is 0 Å². The van der Waals surface area contributed by atoms with Crippen molar-refractivity contribution < 1.29 is 38.3 Å². The Morgan fingerprint density at radius 2 is 1.59 bits per heavy atom. The maximum absolute atomic E-state index is 10.5. The van der Waals surface area contributed by atoms with E-state index >= 15 is 0 Å². The Labute approximate surface area is 128 Å². The van der Waals surface area contributed by atoms with E-state index in [0.717, 1.165) is 0 Å². The summed E-state index contributed by atoms with van der Waals surface area (Å²) in [5.74, 6) is -2.84. The minimum Gasteiger partial charge on any atom is -0.548 e. The molecule has 3 heterocycles. The van der Waals surface area contributed by atoms with Crippen molar-refractivity contribution in [1.82, 2.24) is 0 Å². The van der Waals surface area contributed by atoms with Crippen LogP contribution in [-0.2, 0) is 33.2 Å². The smallest absolute Gasteiger partial charge is 0.190 e. The lowest BCUT2D eigenvalue weighted by Gasteiger charge is -2.37. The maximum Gasteiger partial charge on any atom is 0.190 e. The molecule has 3 rings (SSSR count). The molecule has 3 aliphatic rings. The van der Waals surface area contributed by atoms with Gasteiger partial charge in [0, 0.05) is 0 Å². The summed E-state index contributed by atoms with van der Waals surface area (Å²) in [5, 5.41) is 10.5. The predicted molar refractivity (Wildman–Crippen MR) is 68.3 cm³/mol. The van der Waals surface area contributed by atoms with Crippen molar-refractivity contribution in [2.45, 2.75) is 70.0 Å². The Kier molecular flexibility index (Phi) is 3.95. The van der Waals surface area contributed by atoms with Crippen LogP contribution < -0.4 is 5.11 Å². The molecule has 3 fully saturated rings. The number of carboxylic acid groups (broad SMARTS) is 1. The molecule has 8 nitrogen and oxygen atoms in total. The van der Waals surface area contributed by atoms with E-state index in [1.165, 1.54) is 0 Å². The van der Waals surface area contributed by atoms with Gasteiger partial charge in [-0.25, -0.2) is 0 Å². The molecule has 0 bridgehead atoms. The summed E-state index contributed by atoms with van der Waals surface area (Å²) in [6.07, 6.45) is -2.31. The molecular formula is C14H21O8-. The molecule has 3 saturated heterocycles. The maximum atomic E-state index is 10.5. The van der Waals surface area contributed by atoms with Crippen molar-refractivity contribution in [3.05, 3.63) is 0 Å². The van der Waals surface area contributed by atoms with Gasteiger partial charge in [-0.3, -0.25) is 0 Å². The average Bonchev–Trinajstić information content (AvgIpc) is 2.83. The normalized spacial score (nSPS) is 41.9. The van der Waals surface area contributed by atoms with E-state index in [1.807, 2.05) is 0 Å². The number of hydrogen-bond donors (Lipinski definition) is 0. The van der Waals surface area contributed by atoms with Crippen molar-refractivity contribution in [1.29, 1.82) is 0 Å². The molecule has 0 aromatic rings. The number of rotatable bonds is 4. The van der Waals surface area contributed by atoms with Crippen molar-refractivity contribution in [3.63, 3.8) is 0 Å². The van der Waals surface area contributed by atoms with Crippen LogP contribution in [0.4, 0.5) is 0 Å². The standard InChI is InChI=1S/C14H22O8/c1-13(2)19-9-7(5-17-6-8(15)16)18-12-11(10(9)20-13)21-14(3,4)22-12/h7,9-12H,5-6H2,1-4H3,(H,15,16)/p-1/t7-,9+,10+,11+,12+/m0/s1. The number of fused-ring (bicyclic) bond motifs is 3. The highest BCUT2D eigenvalue weighted by molar-refractivity contribution is 5.65. The topological polar surface area (TPSA) is 95.5 Å². The van der Waals surface area contributed by atoms with E-state index in [-0.39, 0.29) is 12.7 Å². The van der Waals surface area contributed by atoms with Gasteiger partial charge in [-0.1, -0.05) is 0 Å². The fraction of sp³-hybridized carbons (Fsp3) is 0.929. The first-order valence-corrected chi connectivity index (χ1v) is 7.31. The number of hydrogen-bond acceptors (Lipinski definition) is 8. The molecule has 5 atom stereocenters. The van der Waals surface area contributed by atoms with E-state index < -0.39 is 48.8 Å². The molecule has 0 aromatic carbocycles. The first-order valence-electron chi connectivity index (χ1n) is 7.31. The van der Waals surface area contributed by atoms with Gasteiger partial charge in [-0.15, -0.1) is 0 Å². The summed E-state index contributed by atoms with van der Waals surface area (Å²) in [7, 11) is 0. The number of carbonyl (C=O) groups is 1. The third kappa shape index (κ3) is 3.12. The van der Waals surface area contributed by atoms with Crippen LogP contribution in [0.15, 0.2) is 0 Å². The van der Waals surface area contributed by atoms with Crippen LogP contribution in [0.2, 0.25) is 0 Å². The molecule has 0 aromatic heterocycles. The minimum atomic E-state index is -1.28. The Balaban J connectivity index is 1.73. The molecule has 0 amide bonds. The van der Waals surface area contributed by atoms with E-state index in [4.69, 9.17) is 28.4 Å². The second-order valence-corrected chi connectivity index (χ2v) is 6.59. The van der Waals surface area contributed by atoms with E-state index in [1.54, 1.807) is 27.7 Å². The third-order valence-corrected chi connectivity index (χ3v) is 3.75. The van der Waals surface area contributed by atoms with E-state index in [9.17, 15) is 9.90 Å². The number of carboxylic acids is 1. The molecule has 0 unspecified atom stereocenters. The molecule has 0 radical (unpaired) electrons. The predicted octanol–water partition coefficient (Wildman–Crippen LogP) is -0.851. The zero-order chi connectivity index (χ0) is 16.1. The van der Waals surface area contributed by atoms with Gasteiger partial charge >= 0.3 is 0 Å². The second kappa shape index (κ2) is 5.40. The summed E-state index contributed by atoms with van der Waals surface area (Å²) in [6, 6.07) is 0. The molecule has 22 heavy (non-hydrogen) atoms. The number of ether oxygens (including phenoxy) is 6. The Bertz CT molecular complexity index is 448. The quantitative estimate of drug-likeness (QED) is 0.661. The summed E-state index contributed by atoms with van der Waals surface area (Å²) in [4.78, 5) is 10.5. The lowest BCUT2D eigenvalue weighted by Crippen LogP contribution is -2.56. The molecular weight excluding hydrogens is 296 g/mol. The summed E-state index contributed by atoms with van der Waals surface area (Å²) in [5.41, 5.74) is 0. The lowest BCUT2D eigenvalue weighted by molar-refractivity contribution is -0.311. The lowest BCUT2D eigenvalue weighted by atomic mass is 9.99. The van der Waals surface area contributed by atoms with Crippen LogP contribution in [0, 0.1) is 0 Å². The van der Waals surface area contributed by atoms with Gasteiger partial charge in [0.15, 0.2) is 17.9 Å². The summed E-state index contributed by atoms with van der Waals surface area (Å²) >= 11 is 0. The minimum absolute atomic E-state index is 0.0432. The van der Waals surface area contributed by atoms with Crippen LogP contribution in [-0.4, -0.2) is 61.5 Å². The molecule has 0 N–H and O–H groups in total. The van der Waals surface area contributed by atoms with Crippen molar-refractivity contribution in [3.8, 4) is 0 Å². The highest BCUT2D eigenvalue weighted by Gasteiger charge is 2.60. The van der Waals surface area contributed by atoms with Gasteiger partial charge < -0.3 is 38.3 Å². The molecule has 0 saturated carbocycles.